The highest BCUT2D eigenvalue weighted by molar-refractivity contribution is 8.00. The Labute approximate surface area is 355 Å². The second-order valence-corrected chi connectivity index (χ2v) is 16.9. The number of thiazole rings is 1. The molecule has 2 aliphatic heterocycles. The predicted molar refractivity (Wildman–Crippen MR) is 230 cm³/mol. The van der Waals surface area contributed by atoms with Crippen LogP contribution in [0.15, 0.2) is 137 Å². The van der Waals surface area contributed by atoms with Crippen LogP contribution in [0.4, 0.5) is 5.13 Å². The van der Waals surface area contributed by atoms with Crippen molar-refractivity contribution in [3.8, 4) is 0 Å². The fourth-order valence-electron chi connectivity index (χ4n) is 6.65. The Kier molecular flexibility index (Phi) is 12.3. The van der Waals surface area contributed by atoms with E-state index in [1.807, 2.05) is 104 Å². The van der Waals surface area contributed by atoms with Crippen molar-refractivity contribution in [1.82, 2.24) is 20.2 Å². The van der Waals surface area contributed by atoms with Gasteiger partial charge in [0.25, 0.3) is 11.8 Å². The molecular formula is C45H42N6O7S2. The first-order chi connectivity index (χ1) is 28.9. The van der Waals surface area contributed by atoms with Gasteiger partial charge < -0.3 is 25.4 Å². The van der Waals surface area contributed by atoms with Gasteiger partial charge in [-0.3, -0.25) is 24.3 Å². The molecule has 13 nitrogen and oxygen atoms in total. The van der Waals surface area contributed by atoms with Crippen LogP contribution in [0.3, 0.4) is 0 Å². The summed E-state index contributed by atoms with van der Waals surface area (Å²) in [5.74, 6) is -2.46. The summed E-state index contributed by atoms with van der Waals surface area (Å²) < 4.78 is 10.6. The van der Waals surface area contributed by atoms with E-state index in [-0.39, 0.29) is 28.0 Å². The second kappa shape index (κ2) is 17.7. The van der Waals surface area contributed by atoms with E-state index < -0.39 is 53.0 Å². The molecule has 2 aliphatic rings. The van der Waals surface area contributed by atoms with Gasteiger partial charge in [-0.15, -0.1) is 23.1 Å². The number of carbonyl (C=O) groups is 4. The zero-order chi connectivity index (χ0) is 42.4. The monoisotopic (exact) mass is 842 g/mol. The van der Waals surface area contributed by atoms with Gasteiger partial charge >= 0.3 is 11.9 Å². The molecule has 0 unspecified atom stereocenters. The lowest BCUT2D eigenvalue weighted by Gasteiger charge is -2.49. The molecule has 0 aliphatic carbocycles. The predicted octanol–water partition coefficient (Wildman–Crippen LogP) is 6.60. The fourth-order valence-corrected chi connectivity index (χ4v) is 8.51. The third-order valence-electron chi connectivity index (χ3n) is 9.78. The minimum atomic E-state index is -1.32. The molecule has 1 saturated heterocycles. The van der Waals surface area contributed by atoms with Crippen molar-refractivity contribution in [3.63, 3.8) is 0 Å². The largest absolute Gasteiger partial charge is 0.427 e. The van der Waals surface area contributed by atoms with E-state index in [0.717, 1.165) is 39.3 Å². The molecule has 0 radical (unpaired) electrons. The molecule has 5 aromatic rings. The summed E-state index contributed by atoms with van der Waals surface area (Å²) in [6, 6.07) is 31.2. The van der Waals surface area contributed by atoms with Crippen molar-refractivity contribution in [2.45, 2.75) is 44.7 Å². The Bertz CT molecular complexity index is 2390. The molecule has 0 spiro atoms. The van der Waals surface area contributed by atoms with Gasteiger partial charge in [0.05, 0.1) is 5.41 Å². The van der Waals surface area contributed by atoms with E-state index >= 15 is 0 Å². The number of nitrogens with two attached hydrogens (primary N) is 1. The fraction of sp³-hybridized carbons (Fsp3) is 0.222. The first kappa shape index (κ1) is 41.6. The van der Waals surface area contributed by atoms with Crippen molar-refractivity contribution in [2.75, 3.05) is 18.3 Å². The standard InChI is InChI=1S/C45H42N6O7S2/c1-28-29(15-14-24-47-28)22-23-30-25-59-40-36(39(53)51(40)37(30)41(54)56-27-57-42(55)44(2,3)4)49-38(52)35(34-26-60-43(46)48-34)50-58-45(31-16-8-5-9-17-31,32-18-10-6-11-19-32)33-20-12-7-13-21-33/h5-24,26,36,40H,25,27H2,1-4H3,(H2,46,48)(H,49,52)/b23-22-,50-35?/t36-,40+/m1/s1. The van der Waals surface area contributed by atoms with Gasteiger partial charge in [-0.05, 0) is 44.9 Å². The van der Waals surface area contributed by atoms with Crippen LogP contribution >= 0.6 is 23.1 Å². The summed E-state index contributed by atoms with van der Waals surface area (Å²) in [6.45, 7) is 6.24. The number of carbonyl (C=O) groups excluding carboxylic acids is 4. The summed E-state index contributed by atoms with van der Waals surface area (Å²) in [4.78, 5) is 71.3. The van der Waals surface area contributed by atoms with Crippen molar-refractivity contribution in [3.05, 3.63) is 166 Å². The second-order valence-electron chi connectivity index (χ2n) is 14.9. The Hall–Kier alpha value is -6.58. The maximum absolute atomic E-state index is 14.4. The van der Waals surface area contributed by atoms with Gasteiger partial charge in [0.15, 0.2) is 10.8 Å². The minimum absolute atomic E-state index is 0.0262. The van der Waals surface area contributed by atoms with Gasteiger partial charge in [0.1, 0.15) is 22.8 Å². The number of amides is 2. The molecule has 306 valence electrons. The Morgan fingerprint density at radius 1 is 0.900 bits per heavy atom. The molecule has 2 aromatic heterocycles. The number of ether oxygens (including phenoxy) is 2. The number of thioether (sulfide) groups is 1. The molecule has 2 atom stereocenters. The molecular weight excluding hydrogens is 801 g/mol. The molecule has 7 rings (SSSR count). The smallest absolute Gasteiger partial charge is 0.358 e. The average Bonchev–Trinajstić information content (AvgIpc) is 3.69. The number of esters is 2. The van der Waals surface area contributed by atoms with Crippen LogP contribution in [0, 0.1) is 12.3 Å². The number of fused-ring (bicyclic) bond motifs is 1. The van der Waals surface area contributed by atoms with Gasteiger partial charge in [-0.2, -0.15) is 0 Å². The molecule has 3 N–H and O–H groups in total. The van der Waals surface area contributed by atoms with Crippen LogP contribution in [0.1, 0.15) is 54.4 Å². The van der Waals surface area contributed by atoms with E-state index in [0.29, 0.717) is 5.57 Å². The van der Waals surface area contributed by atoms with Gasteiger partial charge in [-0.25, -0.2) is 9.78 Å². The summed E-state index contributed by atoms with van der Waals surface area (Å²) in [5, 5.41) is 8.47. The third kappa shape index (κ3) is 8.58. The number of hydrogen-bond acceptors (Lipinski definition) is 13. The van der Waals surface area contributed by atoms with E-state index in [4.69, 9.17) is 20.0 Å². The highest BCUT2D eigenvalue weighted by atomic mass is 32.2. The van der Waals surface area contributed by atoms with Crippen LogP contribution in [0.25, 0.3) is 6.08 Å². The average molecular weight is 843 g/mol. The summed E-state index contributed by atoms with van der Waals surface area (Å²) in [5.41, 5.74) is 8.13. The number of hydrogen-bond donors (Lipinski definition) is 2. The van der Waals surface area contributed by atoms with Crippen molar-refractivity contribution < 1.29 is 33.5 Å². The third-order valence-corrected chi connectivity index (χ3v) is 11.8. The number of β-lactam (4-membered cyclic amide) rings is 1. The molecule has 3 aromatic carbocycles. The lowest BCUT2D eigenvalue weighted by molar-refractivity contribution is -0.173. The number of nitrogen functional groups attached to an aromatic ring is 1. The van der Waals surface area contributed by atoms with Crippen molar-refractivity contribution in [1.29, 1.82) is 0 Å². The van der Waals surface area contributed by atoms with E-state index in [2.05, 4.69) is 20.4 Å². The first-order valence-electron chi connectivity index (χ1n) is 19.0. The SMILES string of the molecule is Cc1ncccc1/C=C\C1=C(C(=O)OCOC(=O)C(C)(C)C)N2C(=O)[C@@H](NC(=O)C(=NOC(c3ccccc3)(c3ccccc3)c3ccccc3)c3csc(N)n3)[C@@H]2SC1. The van der Waals surface area contributed by atoms with Crippen LogP contribution in [-0.4, -0.2) is 68.3 Å². The first-order valence-corrected chi connectivity index (χ1v) is 20.9. The number of nitrogens with zero attached hydrogens (tertiary/aromatic N) is 4. The van der Waals surface area contributed by atoms with Crippen LogP contribution in [-0.2, 0) is 39.1 Å². The quantitative estimate of drug-likeness (QED) is 0.0326. The lowest BCUT2D eigenvalue weighted by Crippen LogP contribution is -2.71. The van der Waals surface area contributed by atoms with Crippen LogP contribution in [0.5, 0.6) is 0 Å². The van der Waals surface area contributed by atoms with Crippen molar-refractivity contribution in [2.24, 2.45) is 10.6 Å². The van der Waals surface area contributed by atoms with Crippen LogP contribution in [0.2, 0.25) is 0 Å². The highest BCUT2D eigenvalue weighted by Gasteiger charge is 2.55. The van der Waals surface area contributed by atoms with Gasteiger partial charge in [0, 0.05) is 39.7 Å². The Balaban J connectivity index is 1.20. The number of oxime groups is 1. The van der Waals surface area contributed by atoms with Gasteiger partial charge in [-0.1, -0.05) is 114 Å². The summed E-state index contributed by atoms with van der Waals surface area (Å²) in [7, 11) is 0. The number of aromatic nitrogens is 2. The molecule has 4 heterocycles. The van der Waals surface area contributed by atoms with Gasteiger partial charge in [0.2, 0.25) is 12.4 Å². The number of rotatable bonds is 13. The van der Waals surface area contributed by atoms with E-state index in [1.165, 1.54) is 16.7 Å². The molecule has 15 heteroatoms. The number of pyridine rings is 1. The summed E-state index contributed by atoms with van der Waals surface area (Å²) >= 11 is 2.48. The van der Waals surface area contributed by atoms with E-state index in [1.54, 1.807) is 50.6 Å². The Morgan fingerprint density at radius 3 is 2.07 bits per heavy atom. The maximum Gasteiger partial charge on any atom is 0.358 e. The maximum atomic E-state index is 14.4. The highest BCUT2D eigenvalue weighted by Crippen LogP contribution is 2.43. The van der Waals surface area contributed by atoms with Crippen LogP contribution < -0.4 is 11.1 Å². The topological polar surface area (TPSA) is 175 Å². The molecule has 1 fully saturated rings. The Morgan fingerprint density at radius 2 is 1.52 bits per heavy atom. The number of allylic oxidation sites excluding steroid dienone is 1. The van der Waals surface area contributed by atoms with Crippen molar-refractivity contribution >= 4 is 63.8 Å². The molecule has 0 saturated carbocycles. The molecule has 2 amide bonds. The zero-order valence-electron chi connectivity index (χ0n) is 33.2. The number of benzene rings is 3. The number of nitrogens with one attached hydrogen (secondary N) is 1. The number of aryl methyl sites for hydroxylation is 1. The molecule has 0 bridgehead atoms. The molecule has 60 heavy (non-hydrogen) atoms. The summed E-state index contributed by atoms with van der Waals surface area (Å²) in [6.07, 6.45) is 5.22. The zero-order valence-corrected chi connectivity index (χ0v) is 34.9. The lowest BCUT2D eigenvalue weighted by atomic mass is 9.80. The minimum Gasteiger partial charge on any atom is -0.427 e. The number of anilines is 1. The normalized spacial score (nSPS) is 16.8. The van der Waals surface area contributed by atoms with E-state index in [9.17, 15) is 19.2 Å².